The van der Waals surface area contributed by atoms with Gasteiger partial charge in [-0.1, -0.05) is 11.6 Å². The molecule has 2 N–H and O–H groups in total. The largest absolute Gasteiger partial charge is 0.496 e. The zero-order valence-corrected chi connectivity index (χ0v) is 9.55. The van der Waals surface area contributed by atoms with Gasteiger partial charge < -0.3 is 14.8 Å². The molecule has 0 unspecified atom stereocenters. The van der Waals surface area contributed by atoms with Crippen LogP contribution in [0.15, 0.2) is 12.1 Å². The van der Waals surface area contributed by atoms with Crippen LogP contribution in [-0.4, -0.2) is 23.2 Å². The number of nitrogens with one attached hydrogen (secondary N) is 1. The number of aromatic nitrogens is 1. The van der Waals surface area contributed by atoms with Gasteiger partial charge in [0.2, 0.25) is 0 Å². The van der Waals surface area contributed by atoms with Crippen LogP contribution in [0.2, 0.25) is 5.02 Å². The molecule has 0 saturated carbocycles. The normalized spacial score (nSPS) is 10.7. The van der Waals surface area contributed by atoms with Crippen molar-refractivity contribution in [3.63, 3.8) is 0 Å². The number of H-pyrrole nitrogens is 1. The summed E-state index contributed by atoms with van der Waals surface area (Å²) in [5, 5.41) is 10.2. The molecule has 0 spiro atoms. The second-order valence-corrected chi connectivity index (χ2v) is 3.84. The van der Waals surface area contributed by atoms with Gasteiger partial charge in [-0.15, -0.1) is 0 Å². The van der Waals surface area contributed by atoms with E-state index in [9.17, 15) is 4.79 Å². The first kappa shape index (κ1) is 10.8. The molecule has 0 aliphatic carbocycles. The first-order chi connectivity index (χ1) is 7.56. The highest BCUT2D eigenvalue weighted by atomic mass is 35.5. The molecular formula is C11H10ClNO3. The second kappa shape index (κ2) is 3.72. The van der Waals surface area contributed by atoms with E-state index < -0.39 is 5.97 Å². The number of aromatic carboxylic acids is 1. The van der Waals surface area contributed by atoms with E-state index in [1.54, 1.807) is 19.1 Å². The van der Waals surface area contributed by atoms with Crippen molar-refractivity contribution in [3.8, 4) is 5.75 Å². The van der Waals surface area contributed by atoms with Crippen LogP contribution in [0, 0.1) is 6.92 Å². The van der Waals surface area contributed by atoms with Crippen LogP contribution in [0.3, 0.4) is 0 Å². The molecule has 84 valence electrons. The van der Waals surface area contributed by atoms with Crippen LogP contribution in [0.5, 0.6) is 5.75 Å². The number of rotatable bonds is 2. The van der Waals surface area contributed by atoms with Crippen LogP contribution in [0.4, 0.5) is 0 Å². The van der Waals surface area contributed by atoms with Crippen molar-refractivity contribution < 1.29 is 14.6 Å². The molecule has 0 atom stereocenters. The Morgan fingerprint density at radius 3 is 2.75 bits per heavy atom. The zero-order valence-electron chi connectivity index (χ0n) is 8.80. The van der Waals surface area contributed by atoms with Gasteiger partial charge in [-0.25, -0.2) is 4.79 Å². The Morgan fingerprint density at radius 2 is 2.19 bits per heavy atom. The lowest BCUT2D eigenvalue weighted by molar-refractivity contribution is 0.0691. The van der Waals surface area contributed by atoms with Gasteiger partial charge in [0.15, 0.2) is 0 Å². The third kappa shape index (κ3) is 1.42. The first-order valence-electron chi connectivity index (χ1n) is 4.64. The van der Waals surface area contributed by atoms with Crippen LogP contribution in [-0.2, 0) is 0 Å². The van der Waals surface area contributed by atoms with Gasteiger partial charge in [0, 0.05) is 5.39 Å². The van der Waals surface area contributed by atoms with Gasteiger partial charge in [0.05, 0.1) is 17.6 Å². The van der Waals surface area contributed by atoms with E-state index >= 15 is 0 Å². The quantitative estimate of drug-likeness (QED) is 0.847. The number of hydrogen-bond acceptors (Lipinski definition) is 2. The monoisotopic (exact) mass is 239 g/mol. The Morgan fingerprint density at radius 1 is 1.50 bits per heavy atom. The number of methoxy groups -OCH3 is 1. The number of aryl methyl sites for hydroxylation is 1. The summed E-state index contributed by atoms with van der Waals surface area (Å²) in [7, 11) is 1.54. The van der Waals surface area contributed by atoms with Crippen molar-refractivity contribution in [1.82, 2.24) is 4.98 Å². The molecule has 1 aromatic carbocycles. The van der Waals surface area contributed by atoms with Gasteiger partial charge in [-0.3, -0.25) is 0 Å². The molecule has 1 heterocycles. The van der Waals surface area contributed by atoms with E-state index in [0.29, 0.717) is 27.2 Å². The van der Waals surface area contributed by atoms with Crippen LogP contribution < -0.4 is 4.74 Å². The molecule has 0 radical (unpaired) electrons. The molecule has 5 heteroatoms. The molecule has 4 nitrogen and oxygen atoms in total. The Labute approximate surface area is 96.8 Å². The lowest BCUT2D eigenvalue weighted by Gasteiger charge is -2.03. The molecule has 1 aromatic heterocycles. The molecule has 0 amide bonds. The van der Waals surface area contributed by atoms with E-state index in [1.165, 1.54) is 7.11 Å². The predicted octanol–water partition coefficient (Wildman–Crippen LogP) is 2.84. The third-order valence-electron chi connectivity index (χ3n) is 2.55. The number of fused-ring (bicyclic) bond motifs is 1. The second-order valence-electron chi connectivity index (χ2n) is 3.43. The van der Waals surface area contributed by atoms with Gasteiger partial charge in [-0.2, -0.15) is 0 Å². The minimum absolute atomic E-state index is 0.140. The molecule has 0 saturated heterocycles. The fraction of sp³-hybridized carbons (Fsp3) is 0.182. The number of carboxylic acids is 1. The Hall–Kier alpha value is -1.68. The standard InChI is InChI=1S/C11H10ClNO3/c1-5-8-7(16-2)4-3-6(12)10(8)13-9(5)11(14)15/h3-4,13H,1-2H3,(H,14,15). The Bertz CT molecular complexity index is 574. The molecule has 0 aliphatic heterocycles. The topological polar surface area (TPSA) is 62.3 Å². The molecule has 0 bridgehead atoms. The Kier molecular flexibility index (Phi) is 2.52. The van der Waals surface area contributed by atoms with E-state index in [2.05, 4.69) is 4.98 Å². The van der Waals surface area contributed by atoms with Crippen molar-refractivity contribution in [1.29, 1.82) is 0 Å². The highest BCUT2D eigenvalue weighted by molar-refractivity contribution is 6.35. The summed E-state index contributed by atoms with van der Waals surface area (Å²) in [5.74, 6) is -0.396. The zero-order chi connectivity index (χ0) is 11.9. The number of aromatic amines is 1. The number of carbonyl (C=O) groups is 1. The minimum Gasteiger partial charge on any atom is -0.496 e. The summed E-state index contributed by atoms with van der Waals surface area (Å²) in [6, 6.07) is 3.39. The van der Waals surface area contributed by atoms with Gasteiger partial charge in [0.1, 0.15) is 11.4 Å². The lowest BCUT2D eigenvalue weighted by Crippen LogP contribution is -1.98. The maximum Gasteiger partial charge on any atom is 0.352 e. The lowest BCUT2D eigenvalue weighted by atomic mass is 10.1. The Balaban J connectivity index is 2.89. The molecular weight excluding hydrogens is 230 g/mol. The van der Waals surface area contributed by atoms with Crippen molar-refractivity contribution in [3.05, 3.63) is 28.4 Å². The fourth-order valence-electron chi connectivity index (χ4n) is 1.78. The number of ether oxygens (including phenoxy) is 1. The van der Waals surface area contributed by atoms with E-state index in [0.717, 1.165) is 0 Å². The van der Waals surface area contributed by atoms with Gasteiger partial charge >= 0.3 is 5.97 Å². The average molecular weight is 240 g/mol. The molecule has 2 aromatic rings. The minimum atomic E-state index is -1.01. The summed E-state index contributed by atoms with van der Waals surface area (Å²) in [6.45, 7) is 1.72. The predicted molar refractivity (Wildman–Crippen MR) is 61.6 cm³/mol. The SMILES string of the molecule is COc1ccc(Cl)c2[nH]c(C(=O)O)c(C)c12. The van der Waals surface area contributed by atoms with Crippen molar-refractivity contribution in [2.75, 3.05) is 7.11 Å². The summed E-state index contributed by atoms with van der Waals surface area (Å²) in [6.07, 6.45) is 0. The van der Waals surface area contributed by atoms with Crippen LogP contribution in [0.1, 0.15) is 16.1 Å². The highest BCUT2D eigenvalue weighted by Gasteiger charge is 2.18. The summed E-state index contributed by atoms with van der Waals surface area (Å²) in [4.78, 5) is 13.8. The van der Waals surface area contributed by atoms with E-state index in [1.807, 2.05) is 0 Å². The maximum atomic E-state index is 11.0. The van der Waals surface area contributed by atoms with Crippen molar-refractivity contribution in [2.45, 2.75) is 6.92 Å². The number of carboxylic acid groups (broad SMARTS) is 1. The van der Waals surface area contributed by atoms with Crippen LogP contribution >= 0.6 is 11.6 Å². The fourth-order valence-corrected chi connectivity index (χ4v) is 1.99. The van der Waals surface area contributed by atoms with Gasteiger partial charge in [0.25, 0.3) is 0 Å². The first-order valence-corrected chi connectivity index (χ1v) is 5.02. The highest BCUT2D eigenvalue weighted by Crippen LogP contribution is 2.34. The number of hydrogen-bond donors (Lipinski definition) is 2. The molecule has 16 heavy (non-hydrogen) atoms. The van der Waals surface area contributed by atoms with Crippen molar-refractivity contribution >= 4 is 28.5 Å². The molecule has 0 fully saturated rings. The smallest absolute Gasteiger partial charge is 0.352 e. The van der Waals surface area contributed by atoms with Crippen LogP contribution in [0.25, 0.3) is 10.9 Å². The van der Waals surface area contributed by atoms with E-state index in [4.69, 9.17) is 21.4 Å². The molecule has 0 aliphatic rings. The van der Waals surface area contributed by atoms with Crippen molar-refractivity contribution in [2.24, 2.45) is 0 Å². The number of halogens is 1. The summed E-state index contributed by atoms with van der Waals surface area (Å²) >= 11 is 6.00. The van der Waals surface area contributed by atoms with E-state index in [-0.39, 0.29) is 5.69 Å². The number of benzene rings is 1. The van der Waals surface area contributed by atoms with Gasteiger partial charge in [-0.05, 0) is 24.6 Å². The summed E-state index contributed by atoms with van der Waals surface area (Å²) < 4.78 is 5.18. The average Bonchev–Trinajstić information content (AvgIpc) is 2.59. The third-order valence-corrected chi connectivity index (χ3v) is 2.87. The molecule has 2 rings (SSSR count). The maximum absolute atomic E-state index is 11.0. The summed E-state index contributed by atoms with van der Waals surface area (Å²) in [5.41, 5.74) is 1.36.